The summed E-state index contributed by atoms with van der Waals surface area (Å²) in [7, 11) is 1.59. The van der Waals surface area contributed by atoms with Crippen LogP contribution in [0.4, 0.5) is 0 Å². The molecule has 4 rings (SSSR count). The van der Waals surface area contributed by atoms with Crippen molar-refractivity contribution in [2.75, 3.05) is 12.8 Å². The molecule has 0 bridgehead atoms. The van der Waals surface area contributed by atoms with Gasteiger partial charge in [-0.2, -0.15) is 0 Å². The molecule has 0 aliphatic carbocycles. The molecule has 7 nitrogen and oxygen atoms in total. The van der Waals surface area contributed by atoms with E-state index in [0.717, 1.165) is 11.1 Å². The molecule has 27 heavy (non-hydrogen) atoms. The Labute approximate surface area is 159 Å². The zero-order valence-electron chi connectivity index (χ0n) is 14.6. The van der Waals surface area contributed by atoms with E-state index < -0.39 is 0 Å². The Kier molecular flexibility index (Phi) is 4.64. The zero-order chi connectivity index (χ0) is 18.8. The highest BCUT2D eigenvalue weighted by atomic mass is 32.2. The van der Waals surface area contributed by atoms with E-state index in [-0.39, 0.29) is 17.2 Å². The van der Waals surface area contributed by atoms with Crippen LogP contribution in [0.5, 0.6) is 0 Å². The minimum absolute atomic E-state index is 0.0985. The van der Waals surface area contributed by atoms with Crippen LogP contribution in [0.3, 0.4) is 0 Å². The van der Waals surface area contributed by atoms with E-state index in [1.807, 2.05) is 52.9 Å². The summed E-state index contributed by atoms with van der Waals surface area (Å²) in [4.78, 5) is 24.7. The van der Waals surface area contributed by atoms with E-state index in [1.54, 1.807) is 17.7 Å². The number of carbonyl (C=O) groups is 1. The highest BCUT2D eigenvalue weighted by Crippen LogP contribution is 2.21. The lowest BCUT2D eigenvalue weighted by atomic mass is 10.2. The van der Waals surface area contributed by atoms with Crippen LogP contribution in [-0.2, 0) is 11.3 Å². The van der Waals surface area contributed by atoms with E-state index in [2.05, 4.69) is 15.5 Å². The molecule has 0 spiro atoms. The summed E-state index contributed by atoms with van der Waals surface area (Å²) in [5.41, 5.74) is 1.61. The van der Waals surface area contributed by atoms with Gasteiger partial charge in [-0.15, -0.1) is 10.2 Å². The topological polar surface area (TPSA) is 81.3 Å². The monoisotopic (exact) mass is 379 g/mol. The smallest absolute Gasteiger partial charge is 0.263 e. The van der Waals surface area contributed by atoms with Crippen molar-refractivity contribution >= 4 is 34.3 Å². The second-order valence-corrected chi connectivity index (χ2v) is 6.92. The molecule has 0 aliphatic rings. The van der Waals surface area contributed by atoms with Crippen molar-refractivity contribution in [1.82, 2.24) is 24.5 Å². The average molecular weight is 379 g/mol. The van der Waals surface area contributed by atoms with Crippen molar-refractivity contribution in [3.05, 3.63) is 70.5 Å². The molecule has 0 aliphatic heterocycles. The van der Waals surface area contributed by atoms with Gasteiger partial charge in [0.25, 0.3) is 5.56 Å². The first kappa shape index (κ1) is 17.3. The Morgan fingerprint density at radius 2 is 1.81 bits per heavy atom. The van der Waals surface area contributed by atoms with Crippen LogP contribution in [-0.4, -0.2) is 37.9 Å². The fourth-order valence-corrected chi connectivity index (χ4v) is 3.75. The minimum Gasteiger partial charge on any atom is -0.358 e. The molecule has 2 aromatic heterocycles. The second kappa shape index (κ2) is 7.24. The van der Waals surface area contributed by atoms with Crippen LogP contribution in [0.25, 0.3) is 16.7 Å². The van der Waals surface area contributed by atoms with Crippen molar-refractivity contribution in [2.24, 2.45) is 0 Å². The van der Waals surface area contributed by atoms with E-state index in [0.29, 0.717) is 22.9 Å². The maximum absolute atomic E-state index is 13.1. The minimum atomic E-state index is -0.114. The summed E-state index contributed by atoms with van der Waals surface area (Å²) in [5, 5.41) is 12.2. The molecule has 0 radical (unpaired) electrons. The van der Waals surface area contributed by atoms with Gasteiger partial charge in [0, 0.05) is 7.05 Å². The first-order valence-electron chi connectivity index (χ1n) is 8.43. The summed E-state index contributed by atoms with van der Waals surface area (Å²) >= 11 is 1.29. The van der Waals surface area contributed by atoms with Crippen molar-refractivity contribution in [2.45, 2.75) is 11.7 Å². The molecule has 0 saturated carbocycles. The molecule has 8 heteroatoms. The van der Waals surface area contributed by atoms with Crippen molar-refractivity contribution < 1.29 is 4.79 Å². The normalized spacial score (nSPS) is 11.1. The molecular formula is C19H17N5O2S. The molecule has 0 saturated heterocycles. The molecule has 136 valence electrons. The van der Waals surface area contributed by atoms with Gasteiger partial charge < -0.3 is 5.32 Å². The van der Waals surface area contributed by atoms with Gasteiger partial charge in [-0.25, -0.2) is 0 Å². The third kappa shape index (κ3) is 3.19. The number of para-hydroxylation sites is 1. The molecule has 0 unspecified atom stereocenters. The Morgan fingerprint density at radius 3 is 2.59 bits per heavy atom. The molecule has 0 fully saturated rings. The number of hydrogen-bond donors (Lipinski definition) is 1. The van der Waals surface area contributed by atoms with Crippen molar-refractivity contribution in [1.29, 1.82) is 0 Å². The van der Waals surface area contributed by atoms with Crippen LogP contribution in [0.1, 0.15) is 5.56 Å². The summed E-state index contributed by atoms with van der Waals surface area (Å²) in [6, 6.07) is 17.1. The second-order valence-electron chi connectivity index (χ2n) is 5.97. The quantitative estimate of drug-likeness (QED) is 0.536. The maximum Gasteiger partial charge on any atom is 0.263 e. The molecule has 1 N–H and O–H groups in total. The lowest BCUT2D eigenvalue weighted by Gasteiger charge is -2.11. The van der Waals surface area contributed by atoms with E-state index in [9.17, 15) is 9.59 Å². The number of rotatable bonds is 5. The first-order valence-corrected chi connectivity index (χ1v) is 9.41. The van der Waals surface area contributed by atoms with Crippen LogP contribution in [0.2, 0.25) is 0 Å². The van der Waals surface area contributed by atoms with Crippen molar-refractivity contribution in [3.8, 4) is 0 Å². The highest BCUT2D eigenvalue weighted by molar-refractivity contribution is 7.99. The number of aromatic nitrogens is 4. The lowest BCUT2D eigenvalue weighted by Crippen LogP contribution is -2.24. The number of nitrogens with zero attached hydrogens (tertiary/aromatic N) is 4. The summed E-state index contributed by atoms with van der Waals surface area (Å²) in [5.74, 6) is 0.587. The molecule has 0 atom stereocenters. The third-order valence-corrected chi connectivity index (χ3v) is 5.20. The van der Waals surface area contributed by atoms with Crippen molar-refractivity contribution in [3.63, 3.8) is 0 Å². The van der Waals surface area contributed by atoms with E-state index in [1.165, 1.54) is 11.8 Å². The van der Waals surface area contributed by atoms with Crippen LogP contribution < -0.4 is 10.9 Å². The maximum atomic E-state index is 13.1. The van der Waals surface area contributed by atoms with Gasteiger partial charge in [-0.1, -0.05) is 54.2 Å². The lowest BCUT2D eigenvalue weighted by molar-refractivity contribution is -0.118. The predicted octanol–water partition coefficient (Wildman–Crippen LogP) is 1.93. The Morgan fingerprint density at radius 1 is 1.07 bits per heavy atom. The molecule has 2 aromatic carbocycles. The largest absolute Gasteiger partial charge is 0.358 e. The SMILES string of the molecule is CNC(=O)CSc1nnc2n(Cc3ccccc3)c(=O)c3ccccc3n12. The summed E-state index contributed by atoms with van der Waals surface area (Å²) < 4.78 is 3.46. The standard InChI is InChI=1S/C19H17N5O2S/c1-20-16(25)12-27-19-22-21-18-23(11-13-7-3-2-4-8-13)17(26)14-9-5-6-10-15(14)24(18)19/h2-10H,11-12H2,1H3,(H,20,25). The van der Waals surface area contributed by atoms with Crippen LogP contribution in [0, 0.1) is 0 Å². The van der Waals surface area contributed by atoms with E-state index >= 15 is 0 Å². The Hall–Kier alpha value is -3.13. The third-order valence-electron chi connectivity index (χ3n) is 4.27. The summed E-state index contributed by atoms with van der Waals surface area (Å²) in [6.07, 6.45) is 0. The number of amides is 1. The van der Waals surface area contributed by atoms with Gasteiger partial charge in [-0.05, 0) is 17.7 Å². The van der Waals surface area contributed by atoms with Gasteiger partial charge in [0.05, 0.1) is 23.2 Å². The number of hydrogen-bond acceptors (Lipinski definition) is 5. The van der Waals surface area contributed by atoms with Gasteiger partial charge >= 0.3 is 0 Å². The Bertz CT molecular complexity index is 1180. The first-order chi connectivity index (χ1) is 13.2. The number of thioether (sulfide) groups is 1. The number of fused-ring (bicyclic) bond motifs is 3. The zero-order valence-corrected chi connectivity index (χ0v) is 15.4. The fourth-order valence-electron chi connectivity index (χ4n) is 2.94. The van der Waals surface area contributed by atoms with Gasteiger partial charge in [0.2, 0.25) is 11.7 Å². The van der Waals surface area contributed by atoms with Gasteiger partial charge in [0.15, 0.2) is 5.16 Å². The number of benzene rings is 2. The Balaban J connectivity index is 1.92. The van der Waals surface area contributed by atoms with Gasteiger partial charge in [-0.3, -0.25) is 18.6 Å². The number of carbonyl (C=O) groups excluding carboxylic acids is 1. The van der Waals surface area contributed by atoms with Gasteiger partial charge in [0.1, 0.15) is 0 Å². The molecule has 4 aromatic rings. The average Bonchev–Trinajstić information content (AvgIpc) is 3.14. The molecule has 2 heterocycles. The van der Waals surface area contributed by atoms with Crippen LogP contribution >= 0.6 is 11.8 Å². The van der Waals surface area contributed by atoms with Crippen LogP contribution in [0.15, 0.2) is 64.5 Å². The predicted molar refractivity (Wildman–Crippen MR) is 105 cm³/mol. The number of nitrogens with one attached hydrogen (secondary N) is 1. The van der Waals surface area contributed by atoms with E-state index in [4.69, 9.17) is 0 Å². The molecule has 1 amide bonds. The highest BCUT2D eigenvalue weighted by Gasteiger charge is 2.17. The fraction of sp³-hybridized carbons (Fsp3) is 0.158. The summed E-state index contributed by atoms with van der Waals surface area (Å²) in [6.45, 7) is 0.395. The molecular weight excluding hydrogens is 362 g/mol.